The van der Waals surface area contributed by atoms with Crippen LogP contribution in [0.2, 0.25) is 8.67 Å². The zero-order chi connectivity index (χ0) is 13.2. The molecule has 0 bridgehead atoms. The van der Waals surface area contributed by atoms with Gasteiger partial charge in [-0.25, -0.2) is 0 Å². The fourth-order valence-corrected chi connectivity index (χ4v) is 4.21. The SMILES string of the molecule is CNC(c1cc(Cl)sc1Cl)C(C(C)C)C(C)C. The Bertz CT molecular complexity index is 352. The molecule has 1 aromatic heterocycles. The van der Waals surface area contributed by atoms with Gasteiger partial charge in [-0.1, -0.05) is 50.9 Å². The molecule has 0 aromatic carbocycles. The van der Waals surface area contributed by atoms with Gasteiger partial charge < -0.3 is 5.32 Å². The van der Waals surface area contributed by atoms with Crippen LogP contribution in [0, 0.1) is 17.8 Å². The number of hydrogen-bond acceptors (Lipinski definition) is 2. The van der Waals surface area contributed by atoms with E-state index in [-0.39, 0.29) is 6.04 Å². The van der Waals surface area contributed by atoms with Crippen molar-refractivity contribution in [3.63, 3.8) is 0 Å². The molecule has 0 aliphatic heterocycles. The molecule has 1 rings (SSSR count). The Balaban J connectivity index is 3.08. The van der Waals surface area contributed by atoms with Gasteiger partial charge in [-0.15, -0.1) is 11.3 Å². The van der Waals surface area contributed by atoms with Gasteiger partial charge in [0.1, 0.15) is 0 Å². The van der Waals surface area contributed by atoms with Crippen LogP contribution in [0.15, 0.2) is 6.07 Å². The van der Waals surface area contributed by atoms with Gasteiger partial charge in [0.25, 0.3) is 0 Å². The molecule has 1 atom stereocenters. The number of rotatable bonds is 5. The van der Waals surface area contributed by atoms with Gasteiger partial charge in [0.2, 0.25) is 0 Å². The maximum absolute atomic E-state index is 6.27. The van der Waals surface area contributed by atoms with Crippen molar-refractivity contribution in [2.75, 3.05) is 7.05 Å². The first-order valence-corrected chi connectivity index (χ1v) is 7.57. The Labute approximate surface area is 119 Å². The van der Waals surface area contributed by atoms with E-state index in [9.17, 15) is 0 Å². The molecule has 0 fully saturated rings. The fourth-order valence-electron chi connectivity index (χ4n) is 2.66. The van der Waals surface area contributed by atoms with Crippen molar-refractivity contribution in [2.45, 2.75) is 33.7 Å². The molecule has 1 heterocycles. The molecular formula is C13H21Cl2NS. The summed E-state index contributed by atoms with van der Waals surface area (Å²) < 4.78 is 1.57. The maximum atomic E-state index is 6.27. The van der Waals surface area contributed by atoms with E-state index in [1.165, 1.54) is 11.3 Å². The monoisotopic (exact) mass is 293 g/mol. The van der Waals surface area contributed by atoms with Gasteiger partial charge in [-0.2, -0.15) is 0 Å². The van der Waals surface area contributed by atoms with Crippen LogP contribution >= 0.6 is 34.5 Å². The van der Waals surface area contributed by atoms with Crippen molar-refractivity contribution >= 4 is 34.5 Å². The van der Waals surface area contributed by atoms with E-state index < -0.39 is 0 Å². The maximum Gasteiger partial charge on any atom is 0.0992 e. The Morgan fingerprint density at radius 2 is 1.65 bits per heavy atom. The number of halogens is 2. The molecule has 4 heteroatoms. The molecule has 0 saturated heterocycles. The number of nitrogens with one attached hydrogen (secondary N) is 1. The quantitative estimate of drug-likeness (QED) is 0.782. The predicted molar refractivity (Wildman–Crippen MR) is 79.3 cm³/mol. The third kappa shape index (κ3) is 3.60. The lowest BCUT2D eigenvalue weighted by molar-refractivity contribution is 0.217. The van der Waals surface area contributed by atoms with Crippen LogP contribution in [0.1, 0.15) is 39.3 Å². The van der Waals surface area contributed by atoms with Crippen LogP contribution < -0.4 is 5.32 Å². The Kier molecular flexibility index (Phi) is 5.78. The highest BCUT2D eigenvalue weighted by atomic mass is 35.5. The van der Waals surface area contributed by atoms with Gasteiger partial charge in [0.05, 0.1) is 8.67 Å². The molecule has 0 aliphatic carbocycles. The molecule has 0 saturated carbocycles. The first-order valence-electron chi connectivity index (χ1n) is 6.00. The minimum atomic E-state index is 0.270. The van der Waals surface area contributed by atoms with Gasteiger partial charge in [-0.3, -0.25) is 0 Å². The molecular weight excluding hydrogens is 273 g/mol. The van der Waals surface area contributed by atoms with Crippen molar-refractivity contribution in [3.05, 3.63) is 20.3 Å². The molecule has 17 heavy (non-hydrogen) atoms. The van der Waals surface area contributed by atoms with Crippen molar-refractivity contribution in [2.24, 2.45) is 17.8 Å². The summed E-state index contributed by atoms with van der Waals surface area (Å²) in [7, 11) is 1.99. The smallest absolute Gasteiger partial charge is 0.0992 e. The summed E-state index contributed by atoms with van der Waals surface area (Å²) in [5.41, 5.74) is 1.14. The fraction of sp³-hybridized carbons (Fsp3) is 0.692. The topological polar surface area (TPSA) is 12.0 Å². The highest BCUT2D eigenvalue weighted by Gasteiger charge is 2.29. The summed E-state index contributed by atoms with van der Waals surface area (Å²) in [5, 5.41) is 3.40. The molecule has 0 aliphatic rings. The van der Waals surface area contributed by atoms with E-state index in [1.807, 2.05) is 13.1 Å². The summed E-state index contributed by atoms with van der Waals surface area (Å²) in [5.74, 6) is 1.74. The van der Waals surface area contributed by atoms with Crippen molar-refractivity contribution in [1.29, 1.82) is 0 Å². The second kappa shape index (κ2) is 6.42. The average molecular weight is 294 g/mol. The standard InChI is InChI=1S/C13H21Cl2NS/c1-7(2)11(8(3)4)12(16-5)9-6-10(14)17-13(9)15/h6-8,11-12,16H,1-5H3. The highest BCUT2D eigenvalue weighted by molar-refractivity contribution is 7.20. The zero-order valence-corrected chi connectivity index (χ0v) is 13.4. The summed E-state index contributed by atoms with van der Waals surface area (Å²) in [6.07, 6.45) is 0. The summed E-state index contributed by atoms with van der Waals surface area (Å²) >= 11 is 13.7. The van der Waals surface area contributed by atoms with Gasteiger partial charge >= 0.3 is 0 Å². The molecule has 0 amide bonds. The van der Waals surface area contributed by atoms with Gasteiger partial charge in [0.15, 0.2) is 0 Å². The normalized spacial score (nSPS) is 14.0. The Hall–Kier alpha value is 0.240. The highest BCUT2D eigenvalue weighted by Crippen LogP contribution is 2.41. The van der Waals surface area contributed by atoms with Crippen LogP contribution in [-0.2, 0) is 0 Å². The first-order chi connectivity index (χ1) is 7.88. The molecule has 1 unspecified atom stereocenters. The predicted octanol–water partition coefficient (Wildman–Crippen LogP) is 5.24. The second-order valence-corrected chi connectivity index (χ2v) is 7.40. The van der Waals surface area contributed by atoms with E-state index >= 15 is 0 Å². The van der Waals surface area contributed by atoms with E-state index in [0.717, 1.165) is 14.2 Å². The van der Waals surface area contributed by atoms with Crippen molar-refractivity contribution < 1.29 is 0 Å². The van der Waals surface area contributed by atoms with Crippen LogP contribution in [0.25, 0.3) is 0 Å². The first kappa shape index (κ1) is 15.3. The Morgan fingerprint density at radius 3 is 1.94 bits per heavy atom. The van der Waals surface area contributed by atoms with Gasteiger partial charge in [0, 0.05) is 11.6 Å². The van der Waals surface area contributed by atoms with E-state index in [0.29, 0.717) is 17.8 Å². The van der Waals surface area contributed by atoms with Crippen LogP contribution in [0.4, 0.5) is 0 Å². The molecule has 1 nitrogen and oxygen atoms in total. The third-order valence-electron chi connectivity index (χ3n) is 3.25. The number of hydrogen-bond donors (Lipinski definition) is 1. The molecule has 1 N–H and O–H groups in total. The van der Waals surface area contributed by atoms with Crippen LogP contribution in [0.5, 0.6) is 0 Å². The summed E-state index contributed by atoms with van der Waals surface area (Å²) in [6.45, 7) is 9.04. The van der Waals surface area contributed by atoms with Crippen molar-refractivity contribution in [1.82, 2.24) is 5.32 Å². The zero-order valence-electron chi connectivity index (χ0n) is 11.1. The molecule has 0 spiro atoms. The van der Waals surface area contributed by atoms with Crippen LogP contribution in [0.3, 0.4) is 0 Å². The lowest BCUT2D eigenvalue weighted by Crippen LogP contribution is -2.32. The van der Waals surface area contributed by atoms with E-state index in [4.69, 9.17) is 23.2 Å². The second-order valence-electron chi connectivity index (χ2n) is 5.11. The molecule has 98 valence electrons. The van der Waals surface area contributed by atoms with Crippen molar-refractivity contribution in [3.8, 4) is 0 Å². The van der Waals surface area contributed by atoms with E-state index in [2.05, 4.69) is 33.0 Å². The van der Waals surface area contributed by atoms with E-state index in [1.54, 1.807) is 0 Å². The van der Waals surface area contributed by atoms with Gasteiger partial charge in [-0.05, 0) is 30.9 Å². The molecule has 1 aromatic rings. The summed E-state index contributed by atoms with van der Waals surface area (Å²) in [6, 6.07) is 2.26. The minimum absolute atomic E-state index is 0.270. The summed E-state index contributed by atoms with van der Waals surface area (Å²) in [4.78, 5) is 0. The lowest BCUT2D eigenvalue weighted by atomic mass is 9.78. The number of thiophene rings is 1. The lowest BCUT2D eigenvalue weighted by Gasteiger charge is -2.33. The average Bonchev–Trinajstić information content (AvgIpc) is 2.52. The minimum Gasteiger partial charge on any atom is -0.313 e. The molecule has 0 radical (unpaired) electrons. The van der Waals surface area contributed by atoms with Crippen LogP contribution in [-0.4, -0.2) is 7.05 Å². The Morgan fingerprint density at radius 1 is 1.12 bits per heavy atom. The largest absolute Gasteiger partial charge is 0.313 e. The third-order valence-corrected chi connectivity index (χ3v) is 4.77.